The highest BCUT2D eigenvalue weighted by Crippen LogP contribution is 2.40. The molecule has 0 aliphatic rings. The number of nitrogens with zero attached hydrogens (tertiary/aromatic N) is 4. The summed E-state index contributed by atoms with van der Waals surface area (Å²) in [5.41, 5.74) is 9.96. The summed E-state index contributed by atoms with van der Waals surface area (Å²) in [4.78, 5) is 10.2. The van der Waals surface area contributed by atoms with Gasteiger partial charge in [-0.3, -0.25) is 4.57 Å². The van der Waals surface area contributed by atoms with Crippen molar-refractivity contribution in [1.29, 1.82) is 0 Å². The molecule has 0 saturated heterocycles. The fraction of sp³-hybridized carbons (Fsp3) is 0. The molecule has 51 heavy (non-hydrogen) atoms. The normalized spacial score (nSPS) is 11.9. The molecule has 0 radical (unpaired) electrons. The van der Waals surface area contributed by atoms with Crippen molar-refractivity contribution in [3.05, 3.63) is 170 Å². The summed E-state index contributed by atoms with van der Waals surface area (Å²) in [6.45, 7) is 0. The fourth-order valence-corrected chi connectivity index (χ4v) is 8.97. The van der Waals surface area contributed by atoms with E-state index in [4.69, 9.17) is 9.97 Å². The van der Waals surface area contributed by atoms with Crippen molar-refractivity contribution in [1.82, 2.24) is 19.1 Å². The predicted molar refractivity (Wildman–Crippen MR) is 214 cm³/mol. The van der Waals surface area contributed by atoms with Gasteiger partial charge in [0.1, 0.15) is 0 Å². The molecule has 0 amide bonds. The number of hydrogen-bond donors (Lipinski definition) is 0. The summed E-state index contributed by atoms with van der Waals surface area (Å²) in [5.74, 6) is 0.655. The summed E-state index contributed by atoms with van der Waals surface area (Å²) in [6, 6.07) is 58.8. The Kier molecular flexibility index (Phi) is 6.09. The van der Waals surface area contributed by atoms with E-state index in [2.05, 4.69) is 167 Å². The van der Waals surface area contributed by atoms with Gasteiger partial charge in [-0.05, 0) is 71.8 Å². The Bertz CT molecular complexity index is 3150. The van der Waals surface area contributed by atoms with Gasteiger partial charge in [-0.15, -0.1) is 11.3 Å². The molecule has 11 aromatic rings. The molecule has 4 aromatic heterocycles. The third kappa shape index (κ3) is 4.32. The maximum atomic E-state index is 5.25. The number of hydrogen-bond acceptors (Lipinski definition) is 3. The average Bonchev–Trinajstić information content (AvgIpc) is 3.84. The van der Waals surface area contributed by atoms with Gasteiger partial charge in [-0.2, -0.15) is 0 Å². The van der Waals surface area contributed by atoms with Crippen molar-refractivity contribution in [2.45, 2.75) is 0 Å². The van der Waals surface area contributed by atoms with E-state index < -0.39 is 0 Å². The molecular formula is C46H28N4S. The molecular weight excluding hydrogens is 641 g/mol. The molecule has 0 spiro atoms. The van der Waals surface area contributed by atoms with Crippen molar-refractivity contribution in [2.75, 3.05) is 0 Å². The molecule has 0 aliphatic heterocycles. The largest absolute Gasteiger partial charge is 0.309 e. The summed E-state index contributed by atoms with van der Waals surface area (Å²) in [6.07, 6.45) is 1.89. The quantitative estimate of drug-likeness (QED) is 0.187. The number of benzene rings is 7. The summed E-state index contributed by atoms with van der Waals surface area (Å²) in [5, 5.41) is 7.35. The third-order valence-electron chi connectivity index (χ3n) is 10.2. The molecule has 0 unspecified atom stereocenters. The van der Waals surface area contributed by atoms with Crippen LogP contribution in [0.2, 0.25) is 0 Å². The van der Waals surface area contributed by atoms with Gasteiger partial charge >= 0.3 is 0 Å². The molecule has 0 N–H and O–H groups in total. The molecule has 0 fully saturated rings. The lowest BCUT2D eigenvalue weighted by Crippen LogP contribution is -2.02. The topological polar surface area (TPSA) is 35.6 Å². The fourth-order valence-electron chi connectivity index (χ4n) is 7.88. The van der Waals surface area contributed by atoms with Crippen molar-refractivity contribution >= 4 is 75.1 Å². The first kappa shape index (κ1) is 28.3. The molecule has 238 valence electrons. The van der Waals surface area contributed by atoms with Gasteiger partial charge in [0.25, 0.3) is 0 Å². The number of rotatable bonds is 4. The Morgan fingerprint density at radius 2 is 1.06 bits per heavy atom. The average molecular weight is 669 g/mol. The van der Waals surface area contributed by atoms with Gasteiger partial charge < -0.3 is 4.57 Å². The monoisotopic (exact) mass is 668 g/mol. The minimum atomic E-state index is 0.655. The minimum absolute atomic E-state index is 0.655. The minimum Gasteiger partial charge on any atom is -0.309 e. The highest BCUT2D eigenvalue weighted by molar-refractivity contribution is 7.25. The van der Waals surface area contributed by atoms with E-state index in [-0.39, 0.29) is 0 Å². The number of fused-ring (bicyclic) bond motifs is 9. The van der Waals surface area contributed by atoms with E-state index in [0.29, 0.717) is 5.95 Å². The van der Waals surface area contributed by atoms with Crippen LogP contribution in [0.5, 0.6) is 0 Å². The first-order valence-corrected chi connectivity index (χ1v) is 18.0. The third-order valence-corrected chi connectivity index (χ3v) is 11.3. The second-order valence-electron chi connectivity index (χ2n) is 13.1. The molecule has 0 saturated carbocycles. The molecule has 4 nitrogen and oxygen atoms in total. The molecule has 0 atom stereocenters. The van der Waals surface area contributed by atoms with Gasteiger partial charge in [0, 0.05) is 59.2 Å². The molecule has 5 heteroatoms. The van der Waals surface area contributed by atoms with Gasteiger partial charge in [0.15, 0.2) is 0 Å². The molecule has 4 heterocycles. The van der Waals surface area contributed by atoms with Crippen LogP contribution < -0.4 is 0 Å². The van der Waals surface area contributed by atoms with Crippen LogP contribution in [0.25, 0.3) is 97.8 Å². The summed E-state index contributed by atoms with van der Waals surface area (Å²) < 4.78 is 7.21. The Hall–Kier alpha value is -6.56. The van der Waals surface area contributed by atoms with E-state index in [1.54, 1.807) is 0 Å². The van der Waals surface area contributed by atoms with E-state index in [0.717, 1.165) is 33.5 Å². The Labute approximate surface area is 297 Å². The zero-order chi connectivity index (χ0) is 33.5. The van der Waals surface area contributed by atoms with E-state index in [9.17, 15) is 0 Å². The second kappa shape index (κ2) is 11.0. The van der Waals surface area contributed by atoms with Crippen LogP contribution in [0.3, 0.4) is 0 Å². The van der Waals surface area contributed by atoms with Crippen molar-refractivity contribution in [2.24, 2.45) is 0 Å². The zero-order valence-corrected chi connectivity index (χ0v) is 28.2. The summed E-state index contributed by atoms with van der Waals surface area (Å²) >= 11 is 1.83. The van der Waals surface area contributed by atoms with Gasteiger partial charge in [-0.25, -0.2) is 9.97 Å². The highest BCUT2D eigenvalue weighted by atomic mass is 32.1. The maximum Gasteiger partial charge on any atom is 0.235 e. The zero-order valence-electron chi connectivity index (χ0n) is 27.4. The summed E-state index contributed by atoms with van der Waals surface area (Å²) in [7, 11) is 0. The molecule has 7 aromatic carbocycles. The lowest BCUT2D eigenvalue weighted by atomic mass is 10.1. The van der Waals surface area contributed by atoms with Gasteiger partial charge in [0.2, 0.25) is 5.95 Å². The van der Waals surface area contributed by atoms with E-state index in [1.165, 1.54) is 58.4 Å². The SMILES string of the molecule is c1ccc(-c2cccc(-n3c4ccccc4c4cc5c6ccccc6n(-c6nccc(-c7ccc8sc9ccccc9c8c7)n6)c5cc43)c2)cc1. The van der Waals surface area contributed by atoms with Crippen LogP contribution in [0.4, 0.5) is 0 Å². The number of aromatic nitrogens is 4. The van der Waals surface area contributed by atoms with E-state index >= 15 is 0 Å². The van der Waals surface area contributed by atoms with Crippen LogP contribution >= 0.6 is 11.3 Å². The van der Waals surface area contributed by atoms with Gasteiger partial charge in [0.05, 0.1) is 27.8 Å². The molecule has 11 rings (SSSR count). The second-order valence-corrected chi connectivity index (χ2v) is 14.1. The first-order chi connectivity index (χ1) is 25.3. The Balaban J connectivity index is 1.15. The van der Waals surface area contributed by atoms with Crippen molar-refractivity contribution in [3.63, 3.8) is 0 Å². The lowest BCUT2D eigenvalue weighted by molar-refractivity contribution is 0.992. The van der Waals surface area contributed by atoms with Crippen molar-refractivity contribution < 1.29 is 0 Å². The van der Waals surface area contributed by atoms with Crippen LogP contribution in [-0.2, 0) is 0 Å². The van der Waals surface area contributed by atoms with Crippen LogP contribution in [0.1, 0.15) is 0 Å². The van der Waals surface area contributed by atoms with Crippen LogP contribution in [0.15, 0.2) is 170 Å². The maximum absolute atomic E-state index is 5.25. The number of para-hydroxylation sites is 2. The molecule has 0 aliphatic carbocycles. The molecule has 0 bridgehead atoms. The van der Waals surface area contributed by atoms with Crippen LogP contribution in [0, 0.1) is 0 Å². The number of thiophene rings is 1. The Morgan fingerprint density at radius 3 is 1.88 bits per heavy atom. The Morgan fingerprint density at radius 1 is 0.392 bits per heavy atom. The van der Waals surface area contributed by atoms with E-state index in [1.807, 2.05) is 23.6 Å². The predicted octanol–water partition coefficient (Wildman–Crippen LogP) is 12.4. The van der Waals surface area contributed by atoms with Gasteiger partial charge in [-0.1, -0.05) is 103 Å². The standard InChI is InChI=1S/C46H28N4S/c1-2-11-29(12-3-1)30-13-10-14-32(25-30)49-40-18-7-4-15-33(40)36-27-37-34-16-5-8-19-41(34)50(43(37)28-42(36)49)46-47-24-23-39(48-46)31-21-22-45-38(26-31)35-17-6-9-20-44(35)51-45/h1-28H. The highest BCUT2D eigenvalue weighted by Gasteiger charge is 2.20. The first-order valence-electron chi connectivity index (χ1n) is 17.2. The smallest absolute Gasteiger partial charge is 0.235 e. The van der Waals surface area contributed by atoms with Crippen LogP contribution in [-0.4, -0.2) is 19.1 Å². The lowest BCUT2D eigenvalue weighted by Gasteiger charge is -2.11. The van der Waals surface area contributed by atoms with Crippen molar-refractivity contribution in [3.8, 4) is 34.0 Å².